The van der Waals surface area contributed by atoms with Gasteiger partial charge in [0.2, 0.25) is 0 Å². The maximum Gasteiger partial charge on any atom is 0.188 e. The number of likely N-dealkylation sites (tertiary alicyclic amines) is 1. The fraction of sp³-hybridized carbons (Fsp3) is 0.875. The van der Waals surface area contributed by atoms with E-state index >= 15 is 0 Å². The zero-order valence-electron chi connectivity index (χ0n) is 7.30. The molecule has 0 amide bonds. The third-order valence-electron chi connectivity index (χ3n) is 2.68. The second kappa shape index (κ2) is 3.11. The minimum atomic E-state index is 0.226. The Balaban J connectivity index is 2.58. The van der Waals surface area contributed by atoms with Crippen LogP contribution in [0.3, 0.4) is 0 Å². The van der Waals surface area contributed by atoms with Gasteiger partial charge < -0.3 is 10.6 Å². The molecule has 0 aromatic heterocycles. The molecular formula is C8H17N3. The van der Waals surface area contributed by atoms with Gasteiger partial charge in [0.1, 0.15) is 0 Å². The molecule has 0 bridgehead atoms. The first-order valence-corrected chi connectivity index (χ1v) is 4.23. The van der Waals surface area contributed by atoms with Crippen molar-refractivity contribution in [3.05, 3.63) is 0 Å². The summed E-state index contributed by atoms with van der Waals surface area (Å²) in [7, 11) is 0. The lowest BCUT2D eigenvalue weighted by Crippen LogP contribution is -2.48. The van der Waals surface area contributed by atoms with Crippen LogP contribution in [-0.2, 0) is 0 Å². The molecule has 0 aliphatic carbocycles. The maximum absolute atomic E-state index is 7.31. The summed E-state index contributed by atoms with van der Waals surface area (Å²) in [5.41, 5.74) is 5.43. The highest BCUT2D eigenvalue weighted by Gasteiger charge is 2.24. The average molecular weight is 155 g/mol. The van der Waals surface area contributed by atoms with Gasteiger partial charge in [0.15, 0.2) is 5.96 Å². The molecule has 0 spiro atoms. The number of nitrogens with one attached hydrogen (secondary N) is 1. The molecule has 0 aromatic rings. The highest BCUT2D eigenvalue weighted by molar-refractivity contribution is 5.75. The van der Waals surface area contributed by atoms with Gasteiger partial charge in [-0.1, -0.05) is 6.92 Å². The second-order valence-corrected chi connectivity index (χ2v) is 3.44. The standard InChI is InChI=1S/C8H17N3/c1-6-4-3-5-11(7(6)2)8(9)10/h6-7H,3-5H2,1-2H3,(H3,9,10). The first-order chi connectivity index (χ1) is 5.13. The average Bonchev–Trinajstić information content (AvgIpc) is 1.94. The molecule has 11 heavy (non-hydrogen) atoms. The summed E-state index contributed by atoms with van der Waals surface area (Å²) >= 11 is 0. The van der Waals surface area contributed by atoms with E-state index in [1.807, 2.05) is 4.90 Å². The van der Waals surface area contributed by atoms with Crippen molar-refractivity contribution in [1.29, 1.82) is 5.41 Å². The number of nitrogens with two attached hydrogens (primary N) is 1. The van der Waals surface area contributed by atoms with Crippen molar-refractivity contribution in [1.82, 2.24) is 4.90 Å². The van der Waals surface area contributed by atoms with Gasteiger partial charge in [0, 0.05) is 12.6 Å². The Morgan fingerprint density at radius 1 is 1.55 bits per heavy atom. The van der Waals surface area contributed by atoms with E-state index in [1.165, 1.54) is 12.8 Å². The van der Waals surface area contributed by atoms with E-state index in [1.54, 1.807) is 0 Å². The molecule has 2 atom stereocenters. The number of guanidine groups is 1. The Kier molecular flexibility index (Phi) is 2.37. The van der Waals surface area contributed by atoms with Gasteiger partial charge in [-0.2, -0.15) is 0 Å². The lowest BCUT2D eigenvalue weighted by atomic mass is 9.92. The van der Waals surface area contributed by atoms with Gasteiger partial charge in [0.05, 0.1) is 0 Å². The first kappa shape index (κ1) is 8.37. The fourth-order valence-corrected chi connectivity index (χ4v) is 1.68. The maximum atomic E-state index is 7.31. The summed E-state index contributed by atoms with van der Waals surface area (Å²) in [6, 6.07) is 0.446. The van der Waals surface area contributed by atoms with E-state index in [-0.39, 0.29) is 5.96 Å². The van der Waals surface area contributed by atoms with Crippen LogP contribution in [-0.4, -0.2) is 23.4 Å². The summed E-state index contributed by atoms with van der Waals surface area (Å²) in [6.07, 6.45) is 2.44. The fourth-order valence-electron chi connectivity index (χ4n) is 1.68. The molecule has 1 heterocycles. The minimum Gasteiger partial charge on any atom is -0.370 e. The van der Waals surface area contributed by atoms with E-state index in [4.69, 9.17) is 11.1 Å². The number of nitrogens with zero attached hydrogens (tertiary/aromatic N) is 1. The van der Waals surface area contributed by atoms with E-state index in [0.29, 0.717) is 12.0 Å². The van der Waals surface area contributed by atoms with Gasteiger partial charge >= 0.3 is 0 Å². The van der Waals surface area contributed by atoms with E-state index < -0.39 is 0 Å². The molecule has 1 fully saturated rings. The molecule has 0 saturated carbocycles. The van der Waals surface area contributed by atoms with Gasteiger partial charge in [0.25, 0.3) is 0 Å². The smallest absolute Gasteiger partial charge is 0.188 e. The molecule has 1 rings (SSSR count). The summed E-state index contributed by atoms with van der Waals surface area (Å²) in [5, 5.41) is 7.31. The molecule has 1 aliphatic rings. The van der Waals surface area contributed by atoms with Crippen LogP contribution in [0.2, 0.25) is 0 Å². The molecule has 0 radical (unpaired) electrons. The normalized spacial score (nSPS) is 32.0. The summed E-state index contributed by atoms with van der Waals surface area (Å²) in [5.74, 6) is 0.900. The zero-order valence-corrected chi connectivity index (χ0v) is 7.30. The second-order valence-electron chi connectivity index (χ2n) is 3.44. The summed E-state index contributed by atoms with van der Waals surface area (Å²) < 4.78 is 0. The van der Waals surface area contributed by atoms with Crippen LogP contribution in [0.1, 0.15) is 26.7 Å². The molecule has 0 aromatic carbocycles. The van der Waals surface area contributed by atoms with E-state index in [0.717, 1.165) is 6.54 Å². The van der Waals surface area contributed by atoms with Crippen molar-refractivity contribution in [2.45, 2.75) is 32.7 Å². The largest absolute Gasteiger partial charge is 0.370 e. The Bertz CT molecular complexity index is 155. The number of hydrogen-bond donors (Lipinski definition) is 2. The number of piperidine rings is 1. The van der Waals surface area contributed by atoms with Crippen LogP contribution in [0, 0.1) is 11.3 Å². The SMILES string of the molecule is CC1CCCN(C(=N)N)C1C. The van der Waals surface area contributed by atoms with Crippen LogP contribution in [0.15, 0.2) is 0 Å². The number of hydrogen-bond acceptors (Lipinski definition) is 1. The van der Waals surface area contributed by atoms with E-state index in [2.05, 4.69) is 13.8 Å². The van der Waals surface area contributed by atoms with Crippen LogP contribution >= 0.6 is 0 Å². The Morgan fingerprint density at radius 2 is 2.18 bits per heavy atom. The van der Waals surface area contributed by atoms with Crippen LogP contribution in [0.5, 0.6) is 0 Å². The molecule has 1 aliphatic heterocycles. The Labute approximate surface area is 68.1 Å². The van der Waals surface area contributed by atoms with Crippen LogP contribution in [0.25, 0.3) is 0 Å². The molecule has 3 nitrogen and oxygen atoms in total. The van der Waals surface area contributed by atoms with Gasteiger partial charge in [-0.15, -0.1) is 0 Å². The highest BCUT2D eigenvalue weighted by Crippen LogP contribution is 2.21. The summed E-state index contributed by atoms with van der Waals surface area (Å²) in [6.45, 7) is 5.33. The van der Waals surface area contributed by atoms with Gasteiger partial charge in [-0.05, 0) is 25.7 Å². The van der Waals surface area contributed by atoms with Crippen molar-refractivity contribution in [2.24, 2.45) is 11.7 Å². The Hall–Kier alpha value is -0.730. The summed E-state index contributed by atoms with van der Waals surface area (Å²) in [4.78, 5) is 1.98. The van der Waals surface area contributed by atoms with Crippen molar-refractivity contribution >= 4 is 5.96 Å². The highest BCUT2D eigenvalue weighted by atomic mass is 15.3. The zero-order chi connectivity index (χ0) is 8.43. The van der Waals surface area contributed by atoms with Crippen molar-refractivity contribution in [3.8, 4) is 0 Å². The topological polar surface area (TPSA) is 53.1 Å². The van der Waals surface area contributed by atoms with Crippen molar-refractivity contribution < 1.29 is 0 Å². The van der Waals surface area contributed by atoms with Crippen molar-refractivity contribution in [2.75, 3.05) is 6.54 Å². The minimum absolute atomic E-state index is 0.226. The van der Waals surface area contributed by atoms with Crippen LogP contribution < -0.4 is 5.73 Å². The predicted molar refractivity (Wildman–Crippen MR) is 46.5 cm³/mol. The molecular weight excluding hydrogens is 138 g/mol. The first-order valence-electron chi connectivity index (χ1n) is 4.23. The molecule has 64 valence electrons. The third-order valence-corrected chi connectivity index (χ3v) is 2.68. The quantitative estimate of drug-likeness (QED) is 0.405. The number of rotatable bonds is 0. The third kappa shape index (κ3) is 1.64. The lowest BCUT2D eigenvalue weighted by Gasteiger charge is -2.38. The molecule has 3 heteroatoms. The lowest BCUT2D eigenvalue weighted by molar-refractivity contribution is 0.188. The molecule has 3 N–H and O–H groups in total. The van der Waals surface area contributed by atoms with Crippen LogP contribution in [0.4, 0.5) is 0 Å². The molecule has 2 unspecified atom stereocenters. The Morgan fingerprint density at radius 3 is 2.64 bits per heavy atom. The predicted octanol–water partition coefficient (Wildman–Crippen LogP) is 1.00. The van der Waals surface area contributed by atoms with Crippen molar-refractivity contribution in [3.63, 3.8) is 0 Å². The monoisotopic (exact) mass is 155 g/mol. The van der Waals surface area contributed by atoms with Gasteiger partial charge in [-0.3, -0.25) is 5.41 Å². The van der Waals surface area contributed by atoms with Gasteiger partial charge in [-0.25, -0.2) is 0 Å². The van der Waals surface area contributed by atoms with E-state index in [9.17, 15) is 0 Å². The molecule has 1 saturated heterocycles.